The zero-order valence-corrected chi connectivity index (χ0v) is 5.43. The smallest absolute Gasteiger partial charge is 0.0879 e. The van der Waals surface area contributed by atoms with Crippen LogP contribution in [0.5, 0.6) is 0 Å². The summed E-state index contributed by atoms with van der Waals surface area (Å²) in [5.41, 5.74) is 0. The summed E-state index contributed by atoms with van der Waals surface area (Å²) >= 11 is 6.94. The lowest BCUT2D eigenvalue weighted by atomic mass is 10.4. The van der Waals surface area contributed by atoms with Crippen LogP contribution in [0, 0.1) is 0 Å². The summed E-state index contributed by atoms with van der Waals surface area (Å²) in [5, 5.41) is 1.10. The summed E-state index contributed by atoms with van der Waals surface area (Å²) in [5.74, 6) is 1.20. The van der Waals surface area contributed by atoms with Crippen molar-refractivity contribution in [1.82, 2.24) is 0 Å². The maximum Gasteiger partial charge on any atom is 0.0879 e. The van der Waals surface area contributed by atoms with E-state index in [9.17, 15) is 0 Å². The standard InChI is InChI=1S/C4H6ClNS/c5-6-4-2-1-3-7-4/h1-3H2/b6-4-. The molecule has 0 amide bonds. The van der Waals surface area contributed by atoms with Gasteiger partial charge in [-0.2, -0.15) is 4.51 Å². The minimum absolute atomic E-state index is 1.09. The molecule has 0 aliphatic carbocycles. The Morgan fingerprint density at radius 2 is 2.57 bits per heavy atom. The van der Waals surface area contributed by atoms with Gasteiger partial charge in [0.1, 0.15) is 0 Å². The molecule has 0 bridgehead atoms. The number of hydrogen-bond acceptors (Lipinski definition) is 2. The van der Waals surface area contributed by atoms with Gasteiger partial charge in [0.25, 0.3) is 0 Å². The highest BCUT2D eigenvalue weighted by Gasteiger charge is 2.06. The van der Waals surface area contributed by atoms with E-state index in [-0.39, 0.29) is 0 Å². The second-order valence-electron chi connectivity index (χ2n) is 1.43. The van der Waals surface area contributed by atoms with E-state index < -0.39 is 0 Å². The van der Waals surface area contributed by atoms with Crippen LogP contribution in [0.1, 0.15) is 12.8 Å². The van der Waals surface area contributed by atoms with Crippen molar-refractivity contribution < 1.29 is 0 Å². The van der Waals surface area contributed by atoms with E-state index in [0.717, 1.165) is 11.5 Å². The Bertz CT molecular complexity index is 83.7. The molecule has 3 heteroatoms. The molecule has 40 valence electrons. The molecule has 1 saturated heterocycles. The van der Waals surface area contributed by atoms with Gasteiger partial charge in [-0.15, -0.1) is 11.8 Å². The van der Waals surface area contributed by atoms with Crippen molar-refractivity contribution >= 4 is 28.6 Å². The van der Waals surface area contributed by atoms with Gasteiger partial charge in [-0.05, 0) is 18.6 Å². The first kappa shape index (κ1) is 5.45. The minimum atomic E-state index is 1.09. The monoisotopic (exact) mass is 135 g/mol. The number of thioether (sulfide) groups is 1. The van der Waals surface area contributed by atoms with Crippen molar-refractivity contribution in [2.75, 3.05) is 5.75 Å². The Kier molecular flexibility index (Phi) is 2.00. The average molecular weight is 136 g/mol. The van der Waals surface area contributed by atoms with Gasteiger partial charge < -0.3 is 0 Å². The first-order valence-electron chi connectivity index (χ1n) is 2.24. The largest absolute Gasteiger partial charge is 0.176 e. The Labute approximate surface area is 52.3 Å². The Morgan fingerprint density at radius 3 is 2.86 bits per heavy atom. The summed E-state index contributed by atoms with van der Waals surface area (Å²) in [6, 6.07) is 0. The molecule has 1 nitrogen and oxygen atoms in total. The van der Waals surface area contributed by atoms with Crippen molar-refractivity contribution in [3.8, 4) is 0 Å². The van der Waals surface area contributed by atoms with Crippen molar-refractivity contribution in [1.29, 1.82) is 0 Å². The molecule has 1 aliphatic heterocycles. The molecule has 0 atom stereocenters. The van der Waals surface area contributed by atoms with Gasteiger partial charge >= 0.3 is 0 Å². The van der Waals surface area contributed by atoms with Crippen molar-refractivity contribution in [2.45, 2.75) is 12.8 Å². The normalized spacial score (nSPS) is 26.7. The molecular weight excluding hydrogens is 130 g/mol. The summed E-state index contributed by atoms with van der Waals surface area (Å²) in [7, 11) is 0. The number of halogens is 1. The third kappa shape index (κ3) is 1.35. The second-order valence-corrected chi connectivity index (χ2v) is 2.77. The van der Waals surface area contributed by atoms with E-state index in [1.54, 1.807) is 11.8 Å². The number of hydrogen-bond donors (Lipinski definition) is 0. The van der Waals surface area contributed by atoms with E-state index in [1.807, 2.05) is 0 Å². The van der Waals surface area contributed by atoms with Crippen LogP contribution in [0.2, 0.25) is 0 Å². The molecule has 0 aromatic carbocycles. The zero-order chi connectivity index (χ0) is 5.11. The van der Waals surface area contributed by atoms with Gasteiger partial charge in [-0.1, -0.05) is 0 Å². The average Bonchev–Trinajstić information content (AvgIpc) is 2.14. The predicted molar refractivity (Wildman–Crippen MR) is 35.0 cm³/mol. The van der Waals surface area contributed by atoms with Crippen molar-refractivity contribution in [3.63, 3.8) is 0 Å². The highest BCUT2D eigenvalue weighted by atomic mass is 35.5. The minimum Gasteiger partial charge on any atom is -0.176 e. The Balaban J connectivity index is 2.41. The van der Waals surface area contributed by atoms with Gasteiger partial charge in [0.15, 0.2) is 0 Å². The van der Waals surface area contributed by atoms with E-state index in [2.05, 4.69) is 4.51 Å². The molecule has 1 rings (SSSR count). The van der Waals surface area contributed by atoms with Crippen LogP contribution >= 0.6 is 23.5 Å². The van der Waals surface area contributed by atoms with Gasteiger partial charge in [-0.25, -0.2) is 0 Å². The fourth-order valence-electron chi connectivity index (χ4n) is 0.552. The number of nitrogens with zero attached hydrogens (tertiary/aromatic N) is 1. The highest BCUT2D eigenvalue weighted by Crippen LogP contribution is 2.20. The Morgan fingerprint density at radius 1 is 1.71 bits per heavy atom. The summed E-state index contributed by atoms with van der Waals surface area (Å²) in [6.45, 7) is 0. The lowest BCUT2D eigenvalue weighted by molar-refractivity contribution is 1.05. The molecule has 1 heterocycles. The molecule has 0 aromatic heterocycles. The quantitative estimate of drug-likeness (QED) is 0.496. The highest BCUT2D eigenvalue weighted by molar-refractivity contribution is 8.14. The fraction of sp³-hybridized carbons (Fsp3) is 0.750. The lowest BCUT2D eigenvalue weighted by Gasteiger charge is -1.81. The van der Waals surface area contributed by atoms with Crippen LogP contribution in [0.3, 0.4) is 0 Å². The zero-order valence-electron chi connectivity index (χ0n) is 3.85. The van der Waals surface area contributed by atoms with Crippen molar-refractivity contribution in [3.05, 3.63) is 0 Å². The van der Waals surface area contributed by atoms with Crippen LogP contribution in [-0.2, 0) is 0 Å². The molecule has 1 aliphatic rings. The van der Waals surface area contributed by atoms with Crippen LogP contribution in [0.25, 0.3) is 0 Å². The van der Waals surface area contributed by atoms with Crippen LogP contribution in [0.15, 0.2) is 4.51 Å². The fourth-order valence-corrected chi connectivity index (χ4v) is 1.64. The molecule has 0 spiro atoms. The van der Waals surface area contributed by atoms with Crippen molar-refractivity contribution in [2.24, 2.45) is 4.51 Å². The number of rotatable bonds is 0. The van der Waals surface area contributed by atoms with Crippen LogP contribution in [-0.4, -0.2) is 10.8 Å². The van der Waals surface area contributed by atoms with E-state index in [4.69, 9.17) is 11.8 Å². The van der Waals surface area contributed by atoms with E-state index >= 15 is 0 Å². The topological polar surface area (TPSA) is 12.4 Å². The first-order valence-corrected chi connectivity index (χ1v) is 3.56. The maximum absolute atomic E-state index is 5.17. The second kappa shape index (κ2) is 2.58. The molecule has 0 N–H and O–H groups in total. The molecular formula is C4H6ClNS. The third-order valence-electron chi connectivity index (χ3n) is 0.898. The van der Waals surface area contributed by atoms with E-state index in [1.165, 1.54) is 12.2 Å². The van der Waals surface area contributed by atoms with Gasteiger partial charge in [-0.3, -0.25) is 0 Å². The molecule has 0 unspecified atom stereocenters. The van der Waals surface area contributed by atoms with Crippen LogP contribution < -0.4 is 0 Å². The molecule has 0 aromatic rings. The Hall–Kier alpha value is 0.310. The van der Waals surface area contributed by atoms with Gasteiger partial charge in [0, 0.05) is 11.8 Å². The predicted octanol–water partition coefficient (Wildman–Crippen LogP) is 2.07. The molecule has 0 radical (unpaired) electrons. The maximum atomic E-state index is 5.17. The molecule has 7 heavy (non-hydrogen) atoms. The van der Waals surface area contributed by atoms with Crippen LogP contribution in [0.4, 0.5) is 0 Å². The third-order valence-corrected chi connectivity index (χ3v) is 2.32. The molecule has 0 saturated carbocycles. The lowest BCUT2D eigenvalue weighted by Crippen LogP contribution is -1.75. The van der Waals surface area contributed by atoms with Gasteiger partial charge in [0.2, 0.25) is 0 Å². The van der Waals surface area contributed by atoms with Gasteiger partial charge in [0.05, 0.1) is 5.04 Å². The summed E-state index contributed by atoms with van der Waals surface area (Å²) in [4.78, 5) is 0. The van der Waals surface area contributed by atoms with E-state index in [0.29, 0.717) is 0 Å². The first-order chi connectivity index (χ1) is 3.43. The summed E-state index contributed by atoms with van der Waals surface area (Å²) < 4.78 is 3.54. The summed E-state index contributed by atoms with van der Waals surface area (Å²) in [6.07, 6.45) is 2.34. The SMILES string of the molecule is Cl/N=C1/CCCS1. The molecule has 1 fully saturated rings.